The van der Waals surface area contributed by atoms with Crippen molar-refractivity contribution in [3.63, 3.8) is 0 Å². The van der Waals surface area contributed by atoms with Crippen molar-refractivity contribution >= 4 is 17.9 Å². The summed E-state index contributed by atoms with van der Waals surface area (Å²) in [5, 5.41) is 7.76. The SMILES string of the molecule is O=Cc1cc(-c2ccccc2)nnc1Cl. The predicted octanol–water partition coefficient (Wildman–Crippen LogP) is 2.61. The number of aldehydes is 1. The van der Waals surface area contributed by atoms with Crippen LogP contribution in [0.1, 0.15) is 10.4 Å². The van der Waals surface area contributed by atoms with Crippen molar-refractivity contribution in [1.82, 2.24) is 10.2 Å². The molecule has 1 heterocycles. The Labute approximate surface area is 91.7 Å². The third-order valence-corrected chi connectivity index (χ3v) is 2.27. The molecule has 0 spiro atoms. The van der Waals surface area contributed by atoms with Crippen LogP contribution >= 0.6 is 11.6 Å². The fourth-order valence-electron chi connectivity index (χ4n) is 1.22. The minimum atomic E-state index is 0.129. The highest BCUT2D eigenvalue weighted by molar-refractivity contribution is 6.31. The van der Waals surface area contributed by atoms with Crippen LogP contribution < -0.4 is 0 Å². The largest absolute Gasteiger partial charge is 0.298 e. The third kappa shape index (κ3) is 2.02. The Morgan fingerprint density at radius 3 is 2.53 bits per heavy atom. The molecule has 0 N–H and O–H groups in total. The van der Waals surface area contributed by atoms with E-state index in [1.165, 1.54) is 0 Å². The van der Waals surface area contributed by atoms with Gasteiger partial charge in [-0.05, 0) is 6.07 Å². The third-order valence-electron chi connectivity index (χ3n) is 1.97. The first-order chi connectivity index (χ1) is 7.31. The molecule has 0 aliphatic heterocycles. The maximum atomic E-state index is 10.7. The topological polar surface area (TPSA) is 42.9 Å². The smallest absolute Gasteiger partial charge is 0.162 e. The molecule has 1 aromatic heterocycles. The van der Waals surface area contributed by atoms with Gasteiger partial charge in [-0.3, -0.25) is 4.79 Å². The van der Waals surface area contributed by atoms with E-state index in [0.717, 1.165) is 5.56 Å². The van der Waals surface area contributed by atoms with Gasteiger partial charge in [0.05, 0.1) is 11.3 Å². The first-order valence-electron chi connectivity index (χ1n) is 4.35. The molecule has 15 heavy (non-hydrogen) atoms. The molecular formula is C11H7ClN2O. The molecule has 2 rings (SSSR count). The summed E-state index contributed by atoms with van der Waals surface area (Å²) in [7, 11) is 0. The van der Waals surface area contributed by atoms with E-state index in [1.807, 2.05) is 30.3 Å². The number of hydrogen-bond acceptors (Lipinski definition) is 3. The molecule has 74 valence electrons. The lowest BCUT2D eigenvalue weighted by atomic mass is 10.1. The molecule has 0 aliphatic rings. The summed E-state index contributed by atoms with van der Waals surface area (Å²) >= 11 is 5.68. The Morgan fingerprint density at radius 1 is 1.13 bits per heavy atom. The van der Waals surface area contributed by atoms with Crippen LogP contribution in [0.4, 0.5) is 0 Å². The van der Waals surface area contributed by atoms with Crippen molar-refractivity contribution in [3.8, 4) is 11.3 Å². The van der Waals surface area contributed by atoms with Crippen molar-refractivity contribution in [2.24, 2.45) is 0 Å². The van der Waals surface area contributed by atoms with Crippen LogP contribution in [0.25, 0.3) is 11.3 Å². The Balaban J connectivity index is 2.51. The van der Waals surface area contributed by atoms with Crippen molar-refractivity contribution in [2.45, 2.75) is 0 Å². The van der Waals surface area contributed by atoms with E-state index in [-0.39, 0.29) is 5.15 Å². The highest BCUT2D eigenvalue weighted by Gasteiger charge is 2.05. The summed E-state index contributed by atoms with van der Waals surface area (Å²) in [5.74, 6) is 0. The van der Waals surface area contributed by atoms with Gasteiger partial charge in [0, 0.05) is 5.56 Å². The number of nitrogens with zero attached hydrogens (tertiary/aromatic N) is 2. The maximum Gasteiger partial charge on any atom is 0.162 e. The summed E-state index contributed by atoms with van der Waals surface area (Å²) in [6.07, 6.45) is 0.670. The van der Waals surface area contributed by atoms with Crippen LogP contribution in [-0.2, 0) is 0 Å². The summed E-state index contributed by atoms with van der Waals surface area (Å²) in [5.41, 5.74) is 1.90. The van der Waals surface area contributed by atoms with Crippen LogP contribution in [0.15, 0.2) is 36.4 Å². The fourth-order valence-corrected chi connectivity index (χ4v) is 1.36. The van der Waals surface area contributed by atoms with Gasteiger partial charge in [-0.2, -0.15) is 0 Å². The number of hydrogen-bond donors (Lipinski definition) is 0. The number of rotatable bonds is 2. The molecule has 3 nitrogen and oxygen atoms in total. The summed E-state index contributed by atoms with van der Waals surface area (Å²) in [6, 6.07) is 11.1. The van der Waals surface area contributed by atoms with Gasteiger partial charge in [0.1, 0.15) is 0 Å². The summed E-state index contributed by atoms with van der Waals surface area (Å²) < 4.78 is 0. The van der Waals surface area contributed by atoms with Crippen LogP contribution in [-0.4, -0.2) is 16.5 Å². The van der Waals surface area contributed by atoms with Crippen molar-refractivity contribution in [3.05, 3.63) is 47.1 Å². The van der Waals surface area contributed by atoms with E-state index in [9.17, 15) is 4.79 Å². The van der Waals surface area contributed by atoms with Gasteiger partial charge in [0.2, 0.25) is 0 Å². The molecule has 1 aromatic carbocycles. The van der Waals surface area contributed by atoms with Crippen LogP contribution in [0.5, 0.6) is 0 Å². The lowest BCUT2D eigenvalue weighted by Gasteiger charge is -2.00. The molecule has 2 aromatic rings. The predicted molar refractivity (Wildman–Crippen MR) is 57.9 cm³/mol. The number of carbonyl (C=O) groups is 1. The lowest BCUT2D eigenvalue weighted by molar-refractivity contribution is 0.112. The number of benzene rings is 1. The second-order valence-corrected chi connectivity index (χ2v) is 3.32. The standard InChI is InChI=1S/C11H7ClN2O/c12-11-9(7-15)6-10(13-14-11)8-4-2-1-3-5-8/h1-7H. The Hall–Kier alpha value is -1.74. The monoisotopic (exact) mass is 218 g/mol. The van der Waals surface area contributed by atoms with Crippen LogP contribution in [0.2, 0.25) is 5.15 Å². The number of halogens is 1. The Morgan fingerprint density at radius 2 is 1.87 bits per heavy atom. The molecule has 0 atom stereocenters. The molecule has 0 radical (unpaired) electrons. The van der Waals surface area contributed by atoms with Crippen molar-refractivity contribution in [2.75, 3.05) is 0 Å². The average molecular weight is 219 g/mol. The first kappa shape index (κ1) is 9.80. The van der Waals surface area contributed by atoms with Crippen molar-refractivity contribution < 1.29 is 4.79 Å². The van der Waals surface area contributed by atoms with E-state index >= 15 is 0 Å². The first-order valence-corrected chi connectivity index (χ1v) is 4.73. The molecule has 4 heteroatoms. The van der Waals surface area contributed by atoms with E-state index < -0.39 is 0 Å². The average Bonchev–Trinajstić information content (AvgIpc) is 2.31. The number of aromatic nitrogens is 2. The molecule has 0 aliphatic carbocycles. The minimum Gasteiger partial charge on any atom is -0.298 e. The van der Waals surface area contributed by atoms with Gasteiger partial charge in [0.15, 0.2) is 11.4 Å². The fraction of sp³-hybridized carbons (Fsp3) is 0. The van der Waals surface area contributed by atoms with Gasteiger partial charge >= 0.3 is 0 Å². The van der Waals surface area contributed by atoms with Gasteiger partial charge < -0.3 is 0 Å². The zero-order valence-corrected chi connectivity index (χ0v) is 8.48. The normalized spacial score (nSPS) is 9.93. The van der Waals surface area contributed by atoms with E-state index in [2.05, 4.69) is 10.2 Å². The van der Waals surface area contributed by atoms with Gasteiger partial charge in [-0.25, -0.2) is 0 Å². The van der Waals surface area contributed by atoms with E-state index in [4.69, 9.17) is 11.6 Å². The van der Waals surface area contributed by atoms with Crippen molar-refractivity contribution in [1.29, 1.82) is 0 Å². The van der Waals surface area contributed by atoms with Crippen LogP contribution in [0, 0.1) is 0 Å². The minimum absolute atomic E-state index is 0.129. The molecule has 0 unspecified atom stereocenters. The van der Waals surface area contributed by atoms with Gasteiger partial charge in [-0.1, -0.05) is 41.9 Å². The number of carbonyl (C=O) groups excluding carboxylic acids is 1. The highest BCUT2D eigenvalue weighted by Crippen LogP contribution is 2.19. The highest BCUT2D eigenvalue weighted by atomic mass is 35.5. The zero-order chi connectivity index (χ0) is 10.7. The molecule has 0 fully saturated rings. The molecule has 0 bridgehead atoms. The Bertz CT molecular complexity index is 485. The van der Waals surface area contributed by atoms with E-state index in [1.54, 1.807) is 6.07 Å². The summed E-state index contributed by atoms with van der Waals surface area (Å²) in [4.78, 5) is 10.7. The second-order valence-electron chi connectivity index (χ2n) is 2.96. The summed E-state index contributed by atoms with van der Waals surface area (Å²) in [6.45, 7) is 0. The maximum absolute atomic E-state index is 10.7. The van der Waals surface area contributed by atoms with Gasteiger partial charge in [-0.15, -0.1) is 10.2 Å². The quantitative estimate of drug-likeness (QED) is 0.728. The van der Waals surface area contributed by atoms with E-state index in [0.29, 0.717) is 17.5 Å². The molecule has 0 saturated heterocycles. The Kier molecular flexibility index (Phi) is 2.74. The van der Waals surface area contributed by atoms with Crippen LogP contribution in [0.3, 0.4) is 0 Å². The second kappa shape index (κ2) is 4.19. The van der Waals surface area contributed by atoms with Gasteiger partial charge in [0.25, 0.3) is 0 Å². The molecular weight excluding hydrogens is 212 g/mol. The molecule has 0 amide bonds. The lowest BCUT2D eigenvalue weighted by Crippen LogP contribution is -1.93. The molecule has 0 saturated carbocycles. The zero-order valence-electron chi connectivity index (χ0n) is 7.72.